The molecule has 4 rings (SSSR count). The lowest BCUT2D eigenvalue weighted by Gasteiger charge is -2.38. The number of nitrogens with zero attached hydrogens (tertiary/aromatic N) is 2. The van der Waals surface area contributed by atoms with Crippen molar-refractivity contribution < 1.29 is 9.59 Å². The molecule has 2 aliphatic heterocycles. The van der Waals surface area contributed by atoms with E-state index in [4.69, 9.17) is 0 Å². The summed E-state index contributed by atoms with van der Waals surface area (Å²) in [6, 6.07) is 8.71. The summed E-state index contributed by atoms with van der Waals surface area (Å²) in [6.45, 7) is 3.29. The Labute approximate surface area is 168 Å². The van der Waals surface area contributed by atoms with Crippen LogP contribution in [0.3, 0.4) is 0 Å². The first kappa shape index (κ1) is 19.4. The van der Waals surface area contributed by atoms with Crippen molar-refractivity contribution in [2.24, 2.45) is 0 Å². The average Bonchev–Trinajstić information content (AvgIpc) is 2.88. The van der Waals surface area contributed by atoms with Crippen LogP contribution in [0.1, 0.15) is 73.7 Å². The predicted molar refractivity (Wildman–Crippen MR) is 110 cm³/mol. The number of nitrogens with one attached hydrogen (secondary N) is 1. The Morgan fingerprint density at radius 3 is 2.61 bits per heavy atom. The fraction of sp³-hybridized carbons (Fsp3) is 0.652. The van der Waals surface area contributed by atoms with Crippen molar-refractivity contribution in [2.45, 2.75) is 76.4 Å². The molecule has 0 bridgehead atoms. The average molecular weight is 384 g/mol. The van der Waals surface area contributed by atoms with Crippen LogP contribution in [0.5, 0.6) is 0 Å². The zero-order valence-corrected chi connectivity index (χ0v) is 16.9. The zero-order valence-electron chi connectivity index (χ0n) is 16.9. The van der Waals surface area contributed by atoms with Crippen molar-refractivity contribution in [3.63, 3.8) is 0 Å². The molecule has 28 heavy (non-hydrogen) atoms. The van der Waals surface area contributed by atoms with Gasteiger partial charge in [-0.3, -0.25) is 14.5 Å². The Morgan fingerprint density at radius 1 is 1.04 bits per heavy atom. The number of hydrogen-bond acceptors (Lipinski definition) is 3. The van der Waals surface area contributed by atoms with Gasteiger partial charge in [-0.05, 0) is 43.9 Å². The maximum Gasteiger partial charge on any atom is 0.254 e. The molecular weight excluding hydrogens is 350 g/mol. The summed E-state index contributed by atoms with van der Waals surface area (Å²) in [4.78, 5) is 29.4. The van der Waals surface area contributed by atoms with Crippen LogP contribution >= 0.6 is 0 Å². The molecule has 1 unspecified atom stereocenters. The number of fused-ring (bicyclic) bond motifs is 1. The van der Waals surface area contributed by atoms with E-state index >= 15 is 0 Å². The molecule has 3 aliphatic rings. The topological polar surface area (TPSA) is 52.7 Å². The van der Waals surface area contributed by atoms with Crippen LogP contribution in [0.2, 0.25) is 0 Å². The molecule has 1 aliphatic carbocycles. The van der Waals surface area contributed by atoms with Crippen molar-refractivity contribution in [1.29, 1.82) is 0 Å². The first-order valence-corrected chi connectivity index (χ1v) is 11.1. The fourth-order valence-electron chi connectivity index (χ4n) is 5.11. The van der Waals surface area contributed by atoms with Gasteiger partial charge in [-0.15, -0.1) is 0 Å². The summed E-state index contributed by atoms with van der Waals surface area (Å²) in [5.41, 5.74) is 1.86. The van der Waals surface area contributed by atoms with Crippen LogP contribution in [0.15, 0.2) is 24.3 Å². The first-order chi connectivity index (χ1) is 13.7. The zero-order chi connectivity index (χ0) is 19.3. The summed E-state index contributed by atoms with van der Waals surface area (Å²) in [5.74, 6) is 0.136. The second-order valence-electron chi connectivity index (χ2n) is 8.68. The molecule has 5 heteroatoms. The van der Waals surface area contributed by atoms with Crippen molar-refractivity contribution in [2.75, 3.05) is 19.6 Å². The summed E-state index contributed by atoms with van der Waals surface area (Å²) in [7, 11) is 0. The lowest BCUT2D eigenvalue weighted by molar-refractivity contribution is -0.122. The number of likely N-dealkylation sites (tertiary alicyclic amines) is 1. The third-order valence-electron chi connectivity index (χ3n) is 6.66. The van der Waals surface area contributed by atoms with E-state index in [2.05, 4.69) is 10.2 Å². The maximum atomic E-state index is 12.5. The van der Waals surface area contributed by atoms with Gasteiger partial charge in [-0.1, -0.05) is 43.9 Å². The maximum absolute atomic E-state index is 12.5. The molecule has 2 fully saturated rings. The second kappa shape index (κ2) is 9.08. The number of amides is 2. The summed E-state index contributed by atoms with van der Waals surface area (Å²) < 4.78 is 0. The van der Waals surface area contributed by atoms with Gasteiger partial charge in [0.05, 0.1) is 0 Å². The quantitative estimate of drug-likeness (QED) is 0.794. The molecule has 152 valence electrons. The molecular formula is C23H33N3O2. The van der Waals surface area contributed by atoms with Gasteiger partial charge in [0.1, 0.15) is 0 Å². The van der Waals surface area contributed by atoms with E-state index in [0.717, 1.165) is 24.1 Å². The monoisotopic (exact) mass is 383 g/mol. The minimum absolute atomic E-state index is 0.0561. The largest absolute Gasteiger partial charge is 0.352 e. The number of carbonyl (C=O) groups excluding carboxylic acids is 2. The van der Waals surface area contributed by atoms with Gasteiger partial charge in [0.15, 0.2) is 0 Å². The third kappa shape index (κ3) is 4.57. The van der Waals surface area contributed by atoms with Crippen molar-refractivity contribution in [3.8, 4) is 0 Å². The van der Waals surface area contributed by atoms with Gasteiger partial charge in [-0.25, -0.2) is 0 Å². The van der Waals surface area contributed by atoms with E-state index in [0.29, 0.717) is 25.6 Å². The highest BCUT2D eigenvalue weighted by Gasteiger charge is 2.29. The molecule has 0 radical (unpaired) electrons. The molecule has 0 aromatic heterocycles. The van der Waals surface area contributed by atoms with Crippen LogP contribution in [-0.2, 0) is 11.3 Å². The van der Waals surface area contributed by atoms with Crippen LogP contribution in [0.25, 0.3) is 0 Å². The highest BCUT2D eigenvalue weighted by molar-refractivity contribution is 5.98. The van der Waals surface area contributed by atoms with E-state index in [1.807, 2.05) is 24.3 Å². The van der Waals surface area contributed by atoms with Crippen molar-refractivity contribution >= 4 is 11.8 Å². The first-order valence-electron chi connectivity index (χ1n) is 11.1. The molecule has 2 amide bonds. The smallest absolute Gasteiger partial charge is 0.254 e. The van der Waals surface area contributed by atoms with E-state index in [1.165, 1.54) is 51.5 Å². The lowest BCUT2D eigenvalue weighted by atomic mass is 10.00. The minimum Gasteiger partial charge on any atom is -0.352 e. The van der Waals surface area contributed by atoms with Gasteiger partial charge < -0.3 is 10.2 Å². The van der Waals surface area contributed by atoms with Gasteiger partial charge in [0.2, 0.25) is 5.91 Å². The molecule has 1 saturated heterocycles. The van der Waals surface area contributed by atoms with Crippen molar-refractivity contribution in [1.82, 2.24) is 15.1 Å². The predicted octanol–water partition coefficient (Wildman–Crippen LogP) is 3.34. The summed E-state index contributed by atoms with van der Waals surface area (Å²) in [6.07, 6.45) is 10.7. The number of benzene rings is 1. The minimum atomic E-state index is 0.0561. The molecule has 5 nitrogen and oxygen atoms in total. The Bertz CT molecular complexity index is 697. The lowest BCUT2D eigenvalue weighted by Crippen LogP contribution is -2.51. The Balaban J connectivity index is 1.23. The number of carbonyl (C=O) groups is 2. The van der Waals surface area contributed by atoms with Gasteiger partial charge >= 0.3 is 0 Å². The molecule has 1 aromatic carbocycles. The van der Waals surface area contributed by atoms with E-state index in [-0.39, 0.29) is 17.9 Å². The molecule has 0 spiro atoms. The van der Waals surface area contributed by atoms with Crippen molar-refractivity contribution in [3.05, 3.63) is 35.4 Å². The van der Waals surface area contributed by atoms with Gasteiger partial charge in [0.25, 0.3) is 5.91 Å². The highest BCUT2D eigenvalue weighted by atomic mass is 16.2. The standard InChI is InChI=1S/C23H33N3O2/c27-22(13-15-26-16-18-8-5-6-12-21(18)23(26)28)24-19-9-7-14-25(17-19)20-10-3-1-2-4-11-20/h5-6,8,12,19-20H,1-4,7,9-11,13-17H2,(H,24,27). The van der Waals surface area contributed by atoms with Crippen LogP contribution in [-0.4, -0.2) is 53.3 Å². The molecule has 1 saturated carbocycles. The number of piperidine rings is 1. The third-order valence-corrected chi connectivity index (χ3v) is 6.66. The SMILES string of the molecule is O=C(CCN1Cc2ccccc2C1=O)NC1CCCN(C2CCCCCC2)C1. The second-order valence-corrected chi connectivity index (χ2v) is 8.68. The Kier molecular flexibility index (Phi) is 6.30. The fourth-order valence-corrected chi connectivity index (χ4v) is 5.11. The van der Waals surface area contributed by atoms with Gasteiger partial charge in [-0.2, -0.15) is 0 Å². The van der Waals surface area contributed by atoms with Crippen LogP contribution in [0.4, 0.5) is 0 Å². The summed E-state index contributed by atoms with van der Waals surface area (Å²) in [5, 5.41) is 3.24. The summed E-state index contributed by atoms with van der Waals surface area (Å²) >= 11 is 0. The van der Waals surface area contributed by atoms with E-state index < -0.39 is 0 Å². The number of rotatable bonds is 5. The molecule has 1 aromatic rings. The van der Waals surface area contributed by atoms with Crippen LogP contribution < -0.4 is 5.32 Å². The molecule has 1 N–H and O–H groups in total. The van der Waals surface area contributed by atoms with E-state index in [9.17, 15) is 9.59 Å². The number of hydrogen-bond donors (Lipinski definition) is 1. The molecule has 1 atom stereocenters. The van der Waals surface area contributed by atoms with E-state index in [1.54, 1.807) is 4.90 Å². The highest BCUT2D eigenvalue weighted by Crippen LogP contribution is 2.25. The Morgan fingerprint density at radius 2 is 1.82 bits per heavy atom. The normalized spacial score (nSPS) is 24.1. The van der Waals surface area contributed by atoms with Crippen LogP contribution in [0, 0.1) is 0 Å². The van der Waals surface area contributed by atoms with Gasteiger partial charge in [0, 0.05) is 43.7 Å². The Hall–Kier alpha value is -1.88. The molecule has 2 heterocycles.